The van der Waals surface area contributed by atoms with Crippen LogP contribution in [0, 0.1) is 0 Å². The predicted octanol–water partition coefficient (Wildman–Crippen LogP) is 9.65. The van der Waals surface area contributed by atoms with Crippen molar-refractivity contribution < 1.29 is 0 Å². The van der Waals surface area contributed by atoms with E-state index in [0.29, 0.717) is 11.6 Å². The summed E-state index contributed by atoms with van der Waals surface area (Å²) in [6, 6.07) is 53.9. The van der Waals surface area contributed by atoms with Crippen molar-refractivity contribution in [3.05, 3.63) is 152 Å². The molecule has 0 spiro atoms. The van der Waals surface area contributed by atoms with Gasteiger partial charge in [0, 0.05) is 16.7 Å². The molecule has 8 aromatic rings. The van der Waals surface area contributed by atoms with Crippen LogP contribution >= 0.6 is 0 Å². The third-order valence-electron chi connectivity index (χ3n) is 9.71. The number of hydrogen-bond donors (Lipinski definition) is 0. The molecule has 47 heavy (non-hydrogen) atoms. The molecule has 0 fully saturated rings. The Morgan fingerprint density at radius 1 is 0.383 bits per heavy atom. The van der Waals surface area contributed by atoms with Gasteiger partial charge in [0.05, 0.1) is 0 Å². The van der Waals surface area contributed by atoms with Gasteiger partial charge in [-0.15, -0.1) is 0 Å². The van der Waals surface area contributed by atoms with Gasteiger partial charge in [0.2, 0.25) is 0 Å². The highest BCUT2D eigenvalue weighted by molar-refractivity contribution is 7.04. The minimum atomic E-state index is -2.09. The van der Waals surface area contributed by atoms with Crippen molar-refractivity contribution in [2.75, 3.05) is 0 Å². The van der Waals surface area contributed by atoms with Crippen molar-refractivity contribution >= 4 is 40.0 Å². The fourth-order valence-electron chi connectivity index (χ4n) is 7.46. The SMILES string of the molecule is C[Si]1(C)c2ccc3ccccc3c2-c2cccc(-c3nc(-c4ccccc4)nc(-c4ccc(-c5cccc6ccccc56)cc4)n3)c21. The summed E-state index contributed by atoms with van der Waals surface area (Å²) in [5, 5.41) is 7.94. The Kier molecular flexibility index (Phi) is 6.27. The van der Waals surface area contributed by atoms with Crippen LogP contribution in [0.5, 0.6) is 0 Å². The molecule has 0 N–H and O–H groups in total. The van der Waals surface area contributed by atoms with Crippen LogP contribution in [0.2, 0.25) is 13.1 Å². The van der Waals surface area contributed by atoms with E-state index in [4.69, 9.17) is 15.0 Å². The van der Waals surface area contributed by atoms with Crippen LogP contribution in [0.3, 0.4) is 0 Å². The summed E-state index contributed by atoms with van der Waals surface area (Å²) in [6.45, 7) is 4.92. The zero-order valence-corrected chi connectivity index (χ0v) is 27.3. The van der Waals surface area contributed by atoms with Crippen LogP contribution in [0.25, 0.3) is 78.0 Å². The van der Waals surface area contributed by atoms with Gasteiger partial charge >= 0.3 is 0 Å². The molecule has 1 aromatic heterocycles. The number of fused-ring (bicyclic) bond motifs is 6. The highest BCUT2D eigenvalue weighted by atomic mass is 28.3. The summed E-state index contributed by atoms with van der Waals surface area (Å²) < 4.78 is 0. The van der Waals surface area contributed by atoms with E-state index in [2.05, 4.69) is 147 Å². The Hall–Kier alpha value is -5.71. The van der Waals surface area contributed by atoms with E-state index in [-0.39, 0.29) is 0 Å². The molecule has 1 aliphatic heterocycles. The normalized spacial score (nSPS) is 13.1. The molecule has 9 rings (SSSR count). The molecule has 0 aliphatic carbocycles. The maximum absolute atomic E-state index is 5.22. The molecule has 0 atom stereocenters. The average molecular weight is 618 g/mol. The third kappa shape index (κ3) is 4.44. The van der Waals surface area contributed by atoms with Gasteiger partial charge in [-0.05, 0) is 54.2 Å². The van der Waals surface area contributed by atoms with Gasteiger partial charge in [-0.1, -0.05) is 165 Å². The zero-order valence-electron chi connectivity index (χ0n) is 26.3. The second-order valence-corrected chi connectivity index (χ2v) is 17.1. The maximum atomic E-state index is 5.22. The van der Waals surface area contributed by atoms with Gasteiger partial charge in [0.25, 0.3) is 0 Å². The first kappa shape index (κ1) is 27.6. The van der Waals surface area contributed by atoms with Gasteiger partial charge in [-0.2, -0.15) is 0 Å². The summed E-state index contributed by atoms with van der Waals surface area (Å²) >= 11 is 0. The second kappa shape index (κ2) is 10.7. The molecule has 0 bridgehead atoms. The maximum Gasteiger partial charge on any atom is 0.164 e. The van der Waals surface area contributed by atoms with Crippen LogP contribution in [-0.4, -0.2) is 23.0 Å². The number of rotatable bonds is 4. The van der Waals surface area contributed by atoms with Crippen molar-refractivity contribution in [1.29, 1.82) is 0 Å². The van der Waals surface area contributed by atoms with Crippen molar-refractivity contribution in [3.8, 4) is 56.4 Å². The van der Waals surface area contributed by atoms with E-state index in [0.717, 1.165) is 22.5 Å². The lowest BCUT2D eigenvalue weighted by molar-refractivity contribution is 1.08. The lowest BCUT2D eigenvalue weighted by Crippen LogP contribution is -2.50. The molecule has 0 saturated heterocycles. The molecule has 3 nitrogen and oxygen atoms in total. The summed E-state index contributed by atoms with van der Waals surface area (Å²) in [5.74, 6) is 2.08. The molecule has 0 saturated carbocycles. The zero-order chi connectivity index (χ0) is 31.5. The number of benzene rings is 7. The first-order chi connectivity index (χ1) is 23.1. The van der Waals surface area contributed by atoms with E-state index in [1.54, 1.807) is 0 Å². The second-order valence-electron chi connectivity index (χ2n) is 12.8. The molecule has 222 valence electrons. The molecule has 1 aliphatic rings. The van der Waals surface area contributed by atoms with E-state index >= 15 is 0 Å². The summed E-state index contributed by atoms with van der Waals surface area (Å²) in [7, 11) is -2.09. The summed E-state index contributed by atoms with van der Waals surface area (Å²) in [4.78, 5) is 15.4. The van der Waals surface area contributed by atoms with Crippen LogP contribution in [0.15, 0.2) is 152 Å². The van der Waals surface area contributed by atoms with Crippen molar-refractivity contribution in [3.63, 3.8) is 0 Å². The van der Waals surface area contributed by atoms with Crippen LogP contribution in [0.4, 0.5) is 0 Å². The average Bonchev–Trinajstić information content (AvgIpc) is 3.38. The number of nitrogens with zero attached hydrogens (tertiary/aromatic N) is 3. The molecule has 4 heteroatoms. The molecule has 2 heterocycles. The van der Waals surface area contributed by atoms with Gasteiger partial charge < -0.3 is 0 Å². The van der Waals surface area contributed by atoms with Crippen LogP contribution in [0.1, 0.15) is 0 Å². The Morgan fingerprint density at radius 3 is 1.68 bits per heavy atom. The van der Waals surface area contributed by atoms with Gasteiger partial charge in [0.15, 0.2) is 17.5 Å². The minimum Gasteiger partial charge on any atom is -0.208 e. The standard InChI is InChI=1S/C43H31N3Si/c1-47(2)38-27-26-29-13-7-9-18-35(29)39(38)36-20-11-21-37(40(36)47)43-45-41(31-14-4-3-5-15-31)44-42(46-43)32-24-22-30(23-25-32)34-19-10-16-28-12-6-8-17-33(28)34/h3-27H,1-2H3. The van der Waals surface area contributed by atoms with Crippen molar-refractivity contribution in [2.24, 2.45) is 0 Å². The van der Waals surface area contributed by atoms with E-state index < -0.39 is 8.07 Å². The quantitative estimate of drug-likeness (QED) is 0.185. The Labute approximate surface area is 275 Å². The molecular weight excluding hydrogens is 587 g/mol. The van der Waals surface area contributed by atoms with E-state index in [1.807, 2.05) is 18.2 Å². The molecular formula is C43H31N3Si. The smallest absolute Gasteiger partial charge is 0.164 e. The van der Waals surface area contributed by atoms with E-state index in [9.17, 15) is 0 Å². The molecule has 0 radical (unpaired) electrons. The van der Waals surface area contributed by atoms with Crippen molar-refractivity contribution in [1.82, 2.24) is 15.0 Å². The fourth-order valence-corrected chi connectivity index (χ4v) is 10.9. The first-order valence-corrected chi connectivity index (χ1v) is 19.1. The third-order valence-corrected chi connectivity index (χ3v) is 13.3. The van der Waals surface area contributed by atoms with Crippen molar-refractivity contribution in [2.45, 2.75) is 13.1 Å². The topological polar surface area (TPSA) is 38.7 Å². The lowest BCUT2D eigenvalue weighted by Gasteiger charge is -2.22. The molecule has 0 amide bonds. The highest BCUT2D eigenvalue weighted by Crippen LogP contribution is 2.38. The Balaban J connectivity index is 1.22. The first-order valence-electron chi connectivity index (χ1n) is 16.1. The number of aromatic nitrogens is 3. The lowest BCUT2D eigenvalue weighted by atomic mass is 9.97. The summed E-state index contributed by atoms with van der Waals surface area (Å²) in [6.07, 6.45) is 0. The Bertz CT molecular complexity index is 2480. The van der Waals surface area contributed by atoms with Gasteiger partial charge in [-0.25, -0.2) is 15.0 Å². The molecule has 0 unspecified atom stereocenters. The van der Waals surface area contributed by atoms with Gasteiger partial charge in [0.1, 0.15) is 8.07 Å². The van der Waals surface area contributed by atoms with Crippen LogP contribution in [-0.2, 0) is 0 Å². The van der Waals surface area contributed by atoms with Gasteiger partial charge in [-0.3, -0.25) is 0 Å². The largest absolute Gasteiger partial charge is 0.208 e. The predicted molar refractivity (Wildman–Crippen MR) is 199 cm³/mol. The monoisotopic (exact) mass is 617 g/mol. The van der Waals surface area contributed by atoms with E-state index in [1.165, 1.54) is 54.2 Å². The molecule has 7 aromatic carbocycles. The Morgan fingerprint density at radius 2 is 0.915 bits per heavy atom. The minimum absolute atomic E-state index is 0.677. The van der Waals surface area contributed by atoms with Crippen LogP contribution < -0.4 is 10.4 Å². The summed E-state index contributed by atoms with van der Waals surface area (Å²) in [5.41, 5.74) is 8.12. The highest BCUT2D eigenvalue weighted by Gasteiger charge is 2.40. The fraction of sp³-hybridized carbons (Fsp3) is 0.0465. The number of hydrogen-bond acceptors (Lipinski definition) is 3.